The van der Waals surface area contributed by atoms with Gasteiger partial charge in [-0.2, -0.15) is 0 Å². The number of nitrogens with zero attached hydrogens (tertiary/aromatic N) is 2. The average Bonchev–Trinajstić information content (AvgIpc) is 2.80. The van der Waals surface area contributed by atoms with E-state index in [0.717, 1.165) is 23.4 Å². The van der Waals surface area contributed by atoms with Crippen LogP contribution in [-0.2, 0) is 0 Å². The highest BCUT2D eigenvalue weighted by atomic mass is 16.3. The van der Waals surface area contributed by atoms with Gasteiger partial charge in [0.15, 0.2) is 0 Å². The first-order chi connectivity index (χ1) is 9.97. The average molecular weight is 289 g/mol. The van der Waals surface area contributed by atoms with E-state index < -0.39 is 0 Å². The monoisotopic (exact) mass is 289 g/mol. The van der Waals surface area contributed by atoms with Gasteiger partial charge in [0.2, 0.25) is 0 Å². The van der Waals surface area contributed by atoms with Crippen LogP contribution >= 0.6 is 0 Å². The lowest BCUT2D eigenvalue weighted by atomic mass is 10.0. The Labute approximate surface area is 127 Å². The molecule has 0 amide bonds. The molecule has 0 aliphatic heterocycles. The maximum atomic E-state index is 9.29. The summed E-state index contributed by atoms with van der Waals surface area (Å²) in [5.74, 6) is 1.43. The zero-order valence-electron chi connectivity index (χ0n) is 13.8. The topological polar surface area (TPSA) is 52.1 Å². The molecular weight excluding hydrogens is 262 g/mol. The van der Waals surface area contributed by atoms with Gasteiger partial charge in [0.25, 0.3) is 0 Å². The number of aromatic amines is 1. The summed E-state index contributed by atoms with van der Waals surface area (Å²) in [5, 5.41) is 9.29. The molecule has 2 rings (SSSR count). The smallest absolute Gasteiger partial charge is 0.124 e. The quantitative estimate of drug-likeness (QED) is 0.858. The third kappa shape index (κ3) is 3.27. The molecule has 0 spiro atoms. The van der Waals surface area contributed by atoms with Crippen molar-refractivity contribution in [2.45, 2.75) is 40.7 Å². The number of hydrogen-bond acceptors (Lipinski definition) is 3. The normalized spacial score (nSPS) is 13.5. The van der Waals surface area contributed by atoms with E-state index in [1.54, 1.807) is 0 Å². The molecule has 116 valence electrons. The Balaban J connectivity index is 2.45. The minimum Gasteiger partial charge on any atom is -0.395 e. The van der Waals surface area contributed by atoms with Gasteiger partial charge in [0.1, 0.15) is 5.82 Å². The summed E-state index contributed by atoms with van der Waals surface area (Å²) in [6.45, 7) is 12.5. The van der Waals surface area contributed by atoms with Gasteiger partial charge in [0.05, 0.1) is 23.7 Å². The molecule has 0 saturated carbocycles. The fraction of sp³-hybridized carbons (Fsp3) is 0.588. The highest BCUT2D eigenvalue weighted by molar-refractivity contribution is 5.77. The maximum Gasteiger partial charge on any atom is 0.124 e. The molecule has 0 fully saturated rings. The summed E-state index contributed by atoms with van der Waals surface area (Å²) in [7, 11) is 0. The predicted molar refractivity (Wildman–Crippen MR) is 87.5 cm³/mol. The molecule has 1 aromatic heterocycles. The molecule has 1 unspecified atom stereocenters. The number of benzene rings is 1. The third-order valence-electron chi connectivity index (χ3n) is 4.21. The molecule has 0 saturated heterocycles. The Kier molecular flexibility index (Phi) is 5.01. The van der Waals surface area contributed by atoms with Crippen molar-refractivity contribution >= 4 is 11.0 Å². The van der Waals surface area contributed by atoms with Crippen LogP contribution in [0.25, 0.3) is 11.0 Å². The van der Waals surface area contributed by atoms with E-state index in [2.05, 4.69) is 56.6 Å². The van der Waals surface area contributed by atoms with Gasteiger partial charge in [-0.15, -0.1) is 0 Å². The van der Waals surface area contributed by atoms with Crippen LogP contribution in [0.5, 0.6) is 0 Å². The highest BCUT2D eigenvalue weighted by Gasteiger charge is 2.25. The lowest BCUT2D eigenvalue weighted by molar-refractivity contribution is 0.123. The molecule has 0 bridgehead atoms. The molecule has 0 radical (unpaired) electrons. The number of aliphatic hydroxyl groups excluding tert-OH is 1. The van der Waals surface area contributed by atoms with Gasteiger partial charge in [-0.3, -0.25) is 4.90 Å². The molecule has 1 heterocycles. The van der Waals surface area contributed by atoms with Crippen LogP contribution < -0.4 is 0 Å². The maximum absolute atomic E-state index is 9.29. The molecule has 4 nitrogen and oxygen atoms in total. The molecule has 0 aliphatic rings. The summed E-state index contributed by atoms with van der Waals surface area (Å²) in [6, 6.07) is 4.51. The summed E-state index contributed by atoms with van der Waals surface area (Å²) in [5.41, 5.74) is 4.67. The third-order valence-corrected chi connectivity index (χ3v) is 4.21. The molecule has 2 N–H and O–H groups in total. The van der Waals surface area contributed by atoms with Gasteiger partial charge < -0.3 is 10.1 Å². The number of rotatable bonds is 6. The van der Waals surface area contributed by atoms with Crippen molar-refractivity contribution in [3.8, 4) is 0 Å². The van der Waals surface area contributed by atoms with Crippen LogP contribution in [0.1, 0.15) is 43.8 Å². The fourth-order valence-corrected chi connectivity index (χ4v) is 2.96. The van der Waals surface area contributed by atoms with E-state index in [-0.39, 0.29) is 12.6 Å². The predicted octanol–water partition coefficient (Wildman–Crippen LogP) is 3.19. The molecule has 21 heavy (non-hydrogen) atoms. The number of hydrogen-bond donors (Lipinski definition) is 2. The van der Waals surface area contributed by atoms with Crippen LogP contribution in [0.15, 0.2) is 12.1 Å². The van der Waals surface area contributed by atoms with Gasteiger partial charge in [-0.05, 0) is 49.6 Å². The number of fused-ring (bicyclic) bond motifs is 1. The molecule has 1 atom stereocenters. The molecule has 0 aliphatic carbocycles. The Bertz CT molecular complexity index is 564. The Hall–Kier alpha value is -1.39. The Morgan fingerprint density at radius 2 is 1.90 bits per heavy atom. The van der Waals surface area contributed by atoms with Gasteiger partial charge in [-0.25, -0.2) is 4.98 Å². The van der Waals surface area contributed by atoms with E-state index in [1.807, 2.05) is 0 Å². The SMILES string of the molecule is CCN(CCO)C(c1nc2cc(C)c(C)cc2[nH]1)C(C)C. The van der Waals surface area contributed by atoms with Gasteiger partial charge in [0, 0.05) is 6.54 Å². The minimum atomic E-state index is 0.176. The second-order valence-corrected chi connectivity index (χ2v) is 6.12. The number of likely N-dealkylation sites (N-methyl/N-ethyl adjacent to an activating group) is 1. The lowest BCUT2D eigenvalue weighted by Crippen LogP contribution is -2.34. The number of aliphatic hydroxyl groups is 1. The van der Waals surface area contributed by atoms with Crippen LogP contribution in [0, 0.1) is 19.8 Å². The zero-order chi connectivity index (χ0) is 15.6. The number of H-pyrrole nitrogens is 1. The first-order valence-corrected chi connectivity index (χ1v) is 7.79. The standard InChI is InChI=1S/C17H27N3O/c1-6-20(7-8-21)16(11(2)3)17-18-14-9-12(4)13(5)10-15(14)19-17/h9-11,16,21H,6-8H2,1-5H3,(H,18,19). The van der Waals surface area contributed by atoms with Crippen LogP contribution in [0.4, 0.5) is 0 Å². The number of nitrogens with one attached hydrogen (secondary N) is 1. The minimum absolute atomic E-state index is 0.176. The van der Waals surface area contributed by atoms with Crippen molar-refractivity contribution < 1.29 is 5.11 Å². The van der Waals surface area contributed by atoms with E-state index in [4.69, 9.17) is 4.98 Å². The Morgan fingerprint density at radius 3 is 2.48 bits per heavy atom. The van der Waals surface area contributed by atoms with Crippen LogP contribution in [-0.4, -0.2) is 39.7 Å². The largest absolute Gasteiger partial charge is 0.395 e. The van der Waals surface area contributed by atoms with Crippen molar-refractivity contribution in [3.05, 3.63) is 29.1 Å². The second kappa shape index (κ2) is 6.58. The van der Waals surface area contributed by atoms with Crippen LogP contribution in [0.2, 0.25) is 0 Å². The first kappa shape index (κ1) is 16.0. The molecule has 2 aromatic rings. The number of aromatic nitrogens is 2. The highest BCUT2D eigenvalue weighted by Crippen LogP contribution is 2.28. The van der Waals surface area contributed by atoms with E-state index in [1.165, 1.54) is 11.1 Å². The summed E-state index contributed by atoms with van der Waals surface area (Å²) in [4.78, 5) is 10.6. The van der Waals surface area contributed by atoms with Crippen molar-refractivity contribution in [1.82, 2.24) is 14.9 Å². The first-order valence-electron chi connectivity index (χ1n) is 7.79. The summed E-state index contributed by atoms with van der Waals surface area (Å²) >= 11 is 0. The van der Waals surface area contributed by atoms with Crippen molar-refractivity contribution in [2.75, 3.05) is 19.7 Å². The zero-order valence-corrected chi connectivity index (χ0v) is 13.8. The molecular formula is C17H27N3O. The number of imidazole rings is 1. The molecule has 4 heteroatoms. The van der Waals surface area contributed by atoms with E-state index in [0.29, 0.717) is 12.5 Å². The summed E-state index contributed by atoms with van der Waals surface area (Å²) in [6.07, 6.45) is 0. The van der Waals surface area contributed by atoms with E-state index >= 15 is 0 Å². The van der Waals surface area contributed by atoms with Crippen molar-refractivity contribution in [3.63, 3.8) is 0 Å². The summed E-state index contributed by atoms with van der Waals surface area (Å²) < 4.78 is 0. The fourth-order valence-electron chi connectivity index (χ4n) is 2.96. The van der Waals surface area contributed by atoms with E-state index in [9.17, 15) is 5.11 Å². The second-order valence-electron chi connectivity index (χ2n) is 6.12. The van der Waals surface area contributed by atoms with Crippen molar-refractivity contribution in [1.29, 1.82) is 0 Å². The molecule has 1 aromatic carbocycles. The number of aryl methyl sites for hydroxylation is 2. The lowest BCUT2D eigenvalue weighted by Gasteiger charge is -2.31. The van der Waals surface area contributed by atoms with Crippen molar-refractivity contribution in [2.24, 2.45) is 5.92 Å². The van der Waals surface area contributed by atoms with Gasteiger partial charge >= 0.3 is 0 Å². The Morgan fingerprint density at radius 1 is 1.24 bits per heavy atom. The van der Waals surface area contributed by atoms with Gasteiger partial charge in [-0.1, -0.05) is 20.8 Å². The van der Waals surface area contributed by atoms with Crippen LogP contribution in [0.3, 0.4) is 0 Å².